The molecule has 0 aromatic carbocycles. The summed E-state index contributed by atoms with van der Waals surface area (Å²) >= 11 is 0. The molecular formula is C28H48N8O8. The molecule has 1 aliphatic rings. The molecule has 1 rings (SSSR count). The van der Waals surface area contributed by atoms with Gasteiger partial charge in [0.15, 0.2) is 0 Å². The third-order valence-corrected chi connectivity index (χ3v) is 6.76. The van der Waals surface area contributed by atoms with Crippen LogP contribution in [0.2, 0.25) is 0 Å². The molecule has 0 saturated carbocycles. The fourth-order valence-corrected chi connectivity index (χ4v) is 4.11. The molecule has 8 amide bonds. The topological polar surface area (TPSA) is 233 Å². The van der Waals surface area contributed by atoms with E-state index in [1.54, 1.807) is 55.4 Å². The predicted molar refractivity (Wildman–Crippen MR) is 159 cm³/mol. The highest BCUT2D eigenvalue weighted by molar-refractivity contribution is 5.96. The monoisotopic (exact) mass is 624 g/mol. The van der Waals surface area contributed by atoms with Crippen LogP contribution < -0.4 is 42.5 Å². The Morgan fingerprint density at radius 2 is 0.614 bits per heavy atom. The lowest BCUT2D eigenvalue weighted by molar-refractivity contribution is -0.135. The minimum Gasteiger partial charge on any atom is -0.346 e. The molecule has 16 heteroatoms. The first-order chi connectivity index (χ1) is 20.4. The third-order valence-electron chi connectivity index (χ3n) is 6.76. The molecule has 248 valence electrons. The zero-order valence-corrected chi connectivity index (χ0v) is 26.7. The van der Waals surface area contributed by atoms with Crippen molar-refractivity contribution in [2.45, 2.75) is 79.6 Å². The predicted octanol–water partition coefficient (Wildman–Crippen LogP) is -2.97. The number of carbonyl (C=O) groups is 8. The van der Waals surface area contributed by atoms with E-state index < -0.39 is 121 Å². The number of nitrogens with one attached hydrogen (secondary N) is 8. The van der Waals surface area contributed by atoms with Crippen LogP contribution in [0.25, 0.3) is 0 Å². The smallest absolute Gasteiger partial charge is 0.243 e. The summed E-state index contributed by atoms with van der Waals surface area (Å²) in [4.78, 5) is 102. The number of carbonyl (C=O) groups excluding carboxylic acids is 8. The van der Waals surface area contributed by atoms with Gasteiger partial charge in [0.05, 0.1) is 26.2 Å². The van der Waals surface area contributed by atoms with E-state index in [0.717, 1.165) is 0 Å². The molecule has 1 fully saturated rings. The van der Waals surface area contributed by atoms with Crippen LogP contribution in [0.5, 0.6) is 0 Å². The van der Waals surface area contributed by atoms with Crippen molar-refractivity contribution in [1.29, 1.82) is 0 Å². The highest BCUT2D eigenvalue weighted by Crippen LogP contribution is 2.08. The molecule has 16 nitrogen and oxygen atoms in total. The Labute approximate surface area is 257 Å². The molecule has 0 aliphatic carbocycles. The van der Waals surface area contributed by atoms with Gasteiger partial charge in [-0.3, -0.25) is 38.4 Å². The molecule has 0 bridgehead atoms. The minimum atomic E-state index is -1.05. The summed E-state index contributed by atoms with van der Waals surface area (Å²) in [5, 5.41) is 19.9. The van der Waals surface area contributed by atoms with E-state index in [1.807, 2.05) is 0 Å². The van der Waals surface area contributed by atoms with Crippen molar-refractivity contribution in [2.75, 3.05) is 26.2 Å². The first-order valence-corrected chi connectivity index (χ1v) is 14.7. The molecule has 1 heterocycles. The normalized spacial score (nSPS) is 24.8. The fourth-order valence-electron chi connectivity index (χ4n) is 4.11. The molecule has 0 radical (unpaired) electrons. The van der Waals surface area contributed by atoms with Crippen molar-refractivity contribution in [3.63, 3.8) is 0 Å². The van der Waals surface area contributed by atoms with Gasteiger partial charge in [-0.15, -0.1) is 0 Å². The van der Waals surface area contributed by atoms with Gasteiger partial charge in [0.25, 0.3) is 0 Å². The lowest BCUT2D eigenvalue weighted by Crippen LogP contribution is -2.59. The summed E-state index contributed by atoms with van der Waals surface area (Å²) < 4.78 is 0. The average Bonchev–Trinajstić information content (AvgIpc) is 2.93. The molecule has 4 atom stereocenters. The van der Waals surface area contributed by atoms with E-state index in [2.05, 4.69) is 42.5 Å². The van der Waals surface area contributed by atoms with Crippen LogP contribution in [-0.2, 0) is 38.4 Å². The Morgan fingerprint density at radius 1 is 0.364 bits per heavy atom. The van der Waals surface area contributed by atoms with Crippen molar-refractivity contribution in [1.82, 2.24) is 42.5 Å². The summed E-state index contributed by atoms with van der Waals surface area (Å²) in [5.41, 5.74) is 0. The van der Waals surface area contributed by atoms with Gasteiger partial charge in [0.1, 0.15) is 24.2 Å². The molecule has 0 aromatic rings. The Bertz CT molecular complexity index is 996. The van der Waals surface area contributed by atoms with Gasteiger partial charge in [-0.05, 0) is 23.7 Å². The maximum Gasteiger partial charge on any atom is 0.243 e. The van der Waals surface area contributed by atoms with Gasteiger partial charge >= 0.3 is 0 Å². The van der Waals surface area contributed by atoms with Crippen LogP contribution in [0.15, 0.2) is 0 Å². The fraction of sp³-hybridized carbons (Fsp3) is 0.714. The van der Waals surface area contributed by atoms with E-state index in [4.69, 9.17) is 0 Å². The number of rotatable bonds is 4. The molecule has 44 heavy (non-hydrogen) atoms. The van der Waals surface area contributed by atoms with Gasteiger partial charge in [-0.1, -0.05) is 55.4 Å². The number of hydrogen-bond acceptors (Lipinski definition) is 8. The van der Waals surface area contributed by atoms with E-state index >= 15 is 0 Å². The Kier molecular flexibility index (Phi) is 15.3. The third kappa shape index (κ3) is 12.6. The second kappa shape index (κ2) is 17.8. The number of hydrogen-bond donors (Lipinski definition) is 8. The van der Waals surface area contributed by atoms with Gasteiger partial charge < -0.3 is 42.5 Å². The highest BCUT2D eigenvalue weighted by Gasteiger charge is 2.32. The van der Waals surface area contributed by atoms with Gasteiger partial charge in [0, 0.05) is 0 Å². The summed E-state index contributed by atoms with van der Waals surface area (Å²) in [6.07, 6.45) is 0. The molecule has 1 saturated heterocycles. The maximum atomic E-state index is 13.1. The first kappa shape index (κ1) is 37.8. The van der Waals surface area contributed by atoms with Crippen LogP contribution >= 0.6 is 0 Å². The van der Waals surface area contributed by atoms with Crippen molar-refractivity contribution in [3.05, 3.63) is 0 Å². The highest BCUT2D eigenvalue weighted by atomic mass is 16.2. The summed E-state index contributed by atoms with van der Waals surface area (Å²) in [6, 6.07) is -4.20. The minimum absolute atomic E-state index is 0.390. The maximum absolute atomic E-state index is 13.1. The van der Waals surface area contributed by atoms with E-state index in [0.29, 0.717) is 0 Å². The number of amides is 8. The molecule has 0 unspecified atom stereocenters. The molecule has 1 aliphatic heterocycles. The summed E-state index contributed by atoms with van der Waals surface area (Å²) in [6.45, 7) is 11.5. The van der Waals surface area contributed by atoms with Crippen LogP contribution in [0.1, 0.15) is 55.4 Å². The van der Waals surface area contributed by atoms with Crippen molar-refractivity contribution in [3.8, 4) is 0 Å². The Morgan fingerprint density at radius 3 is 0.886 bits per heavy atom. The summed E-state index contributed by atoms with van der Waals surface area (Å²) in [5.74, 6) is -6.87. The lowest BCUT2D eigenvalue weighted by atomic mass is 9.99. The van der Waals surface area contributed by atoms with Gasteiger partial charge in [0.2, 0.25) is 47.3 Å². The SMILES string of the molecule is CC(C)[C@@H]1NC(=O)CNC(=O)CNC(=O)[C@@H](C(C)C)NC(=O)[C@@H](C(C)C)NC(=O)CNC(=O)CNC(=O)[C@H](C(C)C)NC1=O. The zero-order valence-electron chi connectivity index (χ0n) is 26.7. The first-order valence-electron chi connectivity index (χ1n) is 14.7. The largest absolute Gasteiger partial charge is 0.346 e. The molecule has 0 spiro atoms. The van der Waals surface area contributed by atoms with Crippen molar-refractivity contribution in [2.24, 2.45) is 23.7 Å². The summed E-state index contributed by atoms with van der Waals surface area (Å²) in [7, 11) is 0. The molecular weight excluding hydrogens is 576 g/mol. The Balaban J connectivity index is 3.22. The van der Waals surface area contributed by atoms with E-state index in [9.17, 15) is 38.4 Å². The van der Waals surface area contributed by atoms with E-state index in [-0.39, 0.29) is 0 Å². The van der Waals surface area contributed by atoms with Crippen LogP contribution in [0.4, 0.5) is 0 Å². The average molecular weight is 625 g/mol. The second-order valence-electron chi connectivity index (χ2n) is 12.0. The zero-order chi connectivity index (χ0) is 33.7. The van der Waals surface area contributed by atoms with E-state index in [1.165, 1.54) is 0 Å². The van der Waals surface area contributed by atoms with Crippen LogP contribution in [0.3, 0.4) is 0 Å². The van der Waals surface area contributed by atoms with Gasteiger partial charge in [-0.25, -0.2) is 0 Å². The van der Waals surface area contributed by atoms with Gasteiger partial charge in [-0.2, -0.15) is 0 Å². The lowest BCUT2D eigenvalue weighted by Gasteiger charge is -2.27. The van der Waals surface area contributed by atoms with Crippen LogP contribution in [0, 0.1) is 23.7 Å². The Hall–Kier alpha value is -4.24. The molecule has 0 aromatic heterocycles. The quantitative estimate of drug-likeness (QED) is 0.160. The van der Waals surface area contributed by atoms with Crippen molar-refractivity contribution < 1.29 is 38.4 Å². The van der Waals surface area contributed by atoms with Crippen molar-refractivity contribution >= 4 is 47.3 Å². The molecule has 8 N–H and O–H groups in total. The second-order valence-corrected chi connectivity index (χ2v) is 12.0. The standard InChI is InChI=1S/C28H48N8O8/c1-13(2)21-25(41)31-9-17(37)29-12-20(40)34-24(16(7)8)28(44)36-22(14(3)4)26(42)32-10-18(38)30-11-19(39)33-23(15(5)6)27(43)35-21/h13-16,21-24H,9-12H2,1-8H3,(H,29,37)(H,30,38)(H,31,41)(H,32,42)(H,33,39)(H,34,40)(H,35,43)(H,36,44)/t21-,22+,23-,24+. The van der Waals surface area contributed by atoms with Crippen LogP contribution in [-0.4, -0.2) is 97.6 Å².